The van der Waals surface area contributed by atoms with Crippen LogP contribution in [0.1, 0.15) is 24.4 Å². The number of nitrogens with two attached hydrogens (primary N) is 1. The zero-order chi connectivity index (χ0) is 13.0. The lowest BCUT2D eigenvalue weighted by Gasteiger charge is -2.21. The zero-order valence-electron chi connectivity index (χ0n) is 10.2. The fourth-order valence-electron chi connectivity index (χ4n) is 2.18. The Morgan fingerprint density at radius 2 is 2.39 bits per heavy atom. The Balaban J connectivity index is 1.98. The molecule has 100 valence electrons. The third-order valence-corrected chi connectivity index (χ3v) is 4.11. The maximum absolute atomic E-state index is 5.94. The van der Waals surface area contributed by atoms with E-state index in [1.165, 1.54) is 0 Å². The molecule has 2 atom stereocenters. The van der Waals surface area contributed by atoms with Gasteiger partial charge in [-0.05, 0) is 30.5 Å². The van der Waals surface area contributed by atoms with E-state index in [9.17, 15) is 0 Å². The summed E-state index contributed by atoms with van der Waals surface area (Å²) in [5.41, 5.74) is 6.98. The van der Waals surface area contributed by atoms with Gasteiger partial charge in [-0.3, -0.25) is 0 Å². The van der Waals surface area contributed by atoms with Crippen molar-refractivity contribution in [3.8, 4) is 0 Å². The summed E-state index contributed by atoms with van der Waals surface area (Å²) in [6, 6.07) is 5.92. The van der Waals surface area contributed by atoms with Crippen molar-refractivity contribution in [3.63, 3.8) is 0 Å². The van der Waals surface area contributed by atoms with Crippen LogP contribution in [0.4, 0.5) is 0 Å². The lowest BCUT2D eigenvalue weighted by Crippen LogP contribution is -2.34. The number of hydrogen-bond donors (Lipinski definition) is 2. The maximum atomic E-state index is 5.94. The van der Waals surface area contributed by atoms with E-state index >= 15 is 0 Å². The summed E-state index contributed by atoms with van der Waals surface area (Å²) < 4.78 is 6.59. The number of hydrogen-bond acceptors (Lipinski definition) is 3. The van der Waals surface area contributed by atoms with Crippen LogP contribution in [-0.2, 0) is 4.74 Å². The summed E-state index contributed by atoms with van der Waals surface area (Å²) in [6.07, 6.45) is 2.61. The Kier molecular flexibility index (Phi) is 5.45. The van der Waals surface area contributed by atoms with Gasteiger partial charge in [-0.2, -0.15) is 0 Å². The highest BCUT2D eigenvalue weighted by Crippen LogP contribution is 2.26. The smallest absolute Gasteiger partial charge is 0.0700 e. The fourth-order valence-corrected chi connectivity index (χ4v) is 3.14. The molecule has 0 aromatic heterocycles. The van der Waals surface area contributed by atoms with E-state index in [0.29, 0.717) is 12.6 Å². The molecule has 0 bridgehead atoms. The van der Waals surface area contributed by atoms with Gasteiger partial charge in [0.05, 0.1) is 6.10 Å². The van der Waals surface area contributed by atoms with E-state index in [4.69, 9.17) is 22.1 Å². The summed E-state index contributed by atoms with van der Waals surface area (Å²) in [5, 5.41) is 4.19. The van der Waals surface area contributed by atoms with Crippen LogP contribution < -0.4 is 11.1 Å². The second kappa shape index (κ2) is 6.87. The van der Waals surface area contributed by atoms with E-state index in [1.807, 2.05) is 18.2 Å². The SMILES string of the molecule is NCC(NCC1CCCO1)c1ccc(Cl)cc1Br. The van der Waals surface area contributed by atoms with Gasteiger partial charge < -0.3 is 15.8 Å². The predicted molar refractivity (Wildman–Crippen MR) is 77.9 cm³/mol. The Bertz CT molecular complexity index is 397. The molecule has 1 saturated heterocycles. The number of benzene rings is 1. The lowest BCUT2D eigenvalue weighted by molar-refractivity contribution is 0.107. The molecule has 0 spiro atoms. The van der Waals surface area contributed by atoms with Crippen LogP contribution >= 0.6 is 27.5 Å². The van der Waals surface area contributed by atoms with Gasteiger partial charge in [-0.25, -0.2) is 0 Å². The first-order valence-electron chi connectivity index (χ1n) is 6.20. The Morgan fingerprint density at radius 3 is 3.00 bits per heavy atom. The maximum Gasteiger partial charge on any atom is 0.0700 e. The number of nitrogens with one attached hydrogen (secondary N) is 1. The summed E-state index contributed by atoms with van der Waals surface area (Å²) >= 11 is 9.47. The Hall–Kier alpha value is -0.130. The third-order valence-electron chi connectivity index (χ3n) is 3.19. The molecule has 0 amide bonds. The van der Waals surface area contributed by atoms with Crippen molar-refractivity contribution < 1.29 is 4.74 Å². The molecule has 0 radical (unpaired) electrons. The molecule has 1 aromatic carbocycles. The minimum atomic E-state index is 0.126. The van der Waals surface area contributed by atoms with Crippen molar-refractivity contribution in [3.05, 3.63) is 33.3 Å². The van der Waals surface area contributed by atoms with Gasteiger partial charge >= 0.3 is 0 Å². The molecular formula is C13H18BrClN2O. The molecule has 1 fully saturated rings. The van der Waals surface area contributed by atoms with Gasteiger partial charge in [-0.1, -0.05) is 33.6 Å². The number of rotatable bonds is 5. The first-order valence-corrected chi connectivity index (χ1v) is 7.38. The normalized spacial score (nSPS) is 21.2. The minimum absolute atomic E-state index is 0.126. The highest BCUT2D eigenvalue weighted by atomic mass is 79.9. The number of ether oxygens (including phenoxy) is 1. The summed E-state index contributed by atoms with van der Waals surface area (Å²) in [5.74, 6) is 0. The first-order chi connectivity index (χ1) is 8.70. The molecule has 3 N–H and O–H groups in total. The summed E-state index contributed by atoms with van der Waals surface area (Å²) in [7, 11) is 0. The van der Waals surface area contributed by atoms with Crippen molar-refractivity contribution in [1.29, 1.82) is 0 Å². The molecular weight excluding hydrogens is 316 g/mol. The van der Waals surface area contributed by atoms with E-state index in [2.05, 4.69) is 21.2 Å². The molecule has 1 aromatic rings. The van der Waals surface area contributed by atoms with Crippen LogP contribution in [0.2, 0.25) is 5.02 Å². The van der Waals surface area contributed by atoms with Crippen molar-refractivity contribution in [1.82, 2.24) is 5.32 Å². The molecule has 1 heterocycles. The second-order valence-electron chi connectivity index (χ2n) is 4.50. The van der Waals surface area contributed by atoms with Crippen LogP contribution in [-0.4, -0.2) is 25.8 Å². The van der Waals surface area contributed by atoms with Crippen molar-refractivity contribution in [2.24, 2.45) is 5.73 Å². The van der Waals surface area contributed by atoms with E-state index in [0.717, 1.165) is 41.1 Å². The first kappa shape index (κ1) is 14.3. The highest BCUT2D eigenvalue weighted by molar-refractivity contribution is 9.10. The third kappa shape index (κ3) is 3.68. The molecule has 5 heteroatoms. The molecule has 2 unspecified atom stereocenters. The van der Waals surface area contributed by atoms with Gasteiger partial charge in [0.25, 0.3) is 0 Å². The lowest BCUT2D eigenvalue weighted by atomic mass is 10.1. The fraction of sp³-hybridized carbons (Fsp3) is 0.538. The Morgan fingerprint density at radius 1 is 1.56 bits per heavy atom. The van der Waals surface area contributed by atoms with Crippen LogP contribution in [0.5, 0.6) is 0 Å². The monoisotopic (exact) mass is 332 g/mol. The van der Waals surface area contributed by atoms with E-state index in [-0.39, 0.29) is 6.04 Å². The quantitative estimate of drug-likeness (QED) is 0.871. The van der Waals surface area contributed by atoms with Crippen molar-refractivity contribution >= 4 is 27.5 Å². The van der Waals surface area contributed by atoms with Crippen LogP contribution in [0.15, 0.2) is 22.7 Å². The topological polar surface area (TPSA) is 47.3 Å². The van der Waals surface area contributed by atoms with Crippen LogP contribution in [0, 0.1) is 0 Å². The van der Waals surface area contributed by atoms with Crippen molar-refractivity contribution in [2.75, 3.05) is 19.7 Å². The minimum Gasteiger partial charge on any atom is -0.377 e. The largest absolute Gasteiger partial charge is 0.377 e. The van der Waals surface area contributed by atoms with Crippen LogP contribution in [0.3, 0.4) is 0 Å². The second-order valence-corrected chi connectivity index (χ2v) is 5.79. The Labute approximate surface area is 121 Å². The predicted octanol–water partition coefficient (Wildman–Crippen LogP) is 2.87. The van der Waals surface area contributed by atoms with Gasteiger partial charge in [0.1, 0.15) is 0 Å². The van der Waals surface area contributed by atoms with E-state index in [1.54, 1.807) is 0 Å². The number of halogens is 2. The van der Waals surface area contributed by atoms with Crippen molar-refractivity contribution in [2.45, 2.75) is 25.0 Å². The highest BCUT2D eigenvalue weighted by Gasteiger charge is 2.18. The molecule has 18 heavy (non-hydrogen) atoms. The molecule has 1 aliphatic rings. The van der Waals surface area contributed by atoms with Gasteiger partial charge in [0.15, 0.2) is 0 Å². The zero-order valence-corrected chi connectivity index (χ0v) is 12.5. The molecule has 3 nitrogen and oxygen atoms in total. The van der Waals surface area contributed by atoms with Crippen LogP contribution in [0.25, 0.3) is 0 Å². The molecule has 0 saturated carbocycles. The average molecular weight is 334 g/mol. The summed E-state index contributed by atoms with van der Waals surface area (Å²) in [4.78, 5) is 0. The van der Waals surface area contributed by atoms with Gasteiger partial charge in [0.2, 0.25) is 0 Å². The molecule has 0 aliphatic carbocycles. The van der Waals surface area contributed by atoms with Gasteiger partial charge in [-0.15, -0.1) is 0 Å². The summed E-state index contributed by atoms with van der Waals surface area (Å²) in [6.45, 7) is 2.27. The standard InChI is InChI=1S/C13H18BrClN2O/c14-12-6-9(15)3-4-11(12)13(7-16)17-8-10-2-1-5-18-10/h3-4,6,10,13,17H,1-2,5,7-8,16H2. The van der Waals surface area contributed by atoms with E-state index < -0.39 is 0 Å². The molecule has 2 rings (SSSR count). The van der Waals surface area contributed by atoms with Gasteiger partial charge in [0, 0.05) is 35.2 Å². The average Bonchev–Trinajstić information content (AvgIpc) is 2.85. The molecule has 1 aliphatic heterocycles.